The van der Waals surface area contributed by atoms with Gasteiger partial charge in [-0.2, -0.15) is 11.3 Å². The van der Waals surface area contributed by atoms with Gasteiger partial charge in [0.25, 0.3) is 0 Å². The Hall–Kier alpha value is -3.26. The number of carboxylic acids is 1. The summed E-state index contributed by atoms with van der Waals surface area (Å²) in [5.41, 5.74) is 2.91. The van der Waals surface area contributed by atoms with E-state index in [0.29, 0.717) is 42.2 Å². The van der Waals surface area contributed by atoms with Crippen LogP contribution in [0.1, 0.15) is 29.9 Å². The summed E-state index contributed by atoms with van der Waals surface area (Å²) in [6, 6.07) is 6.43. The topological polar surface area (TPSA) is 105 Å². The molecule has 2 atom stereocenters. The number of fused-ring (bicyclic) bond motifs is 1. The van der Waals surface area contributed by atoms with Crippen molar-refractivity contribution < 1.29 is 23.9 Å². The van der Waals surface area contributed by atoms with Crippen LogP contribution in [0.4, 0.5) is 0 Å². The number of carboxylic acid groups (broad SMARTS) is 1. The molecule has 7 nitrogen and oxygen atoms in total. The lowest BCUT2D eigenvalue weighted by Gasteiger charge is -2.32. The molecule has 1 aromatic carbocycles. The van der Waals surface area contributed by atoms with Crippen LogP contribution in [-0.2, 0) is 14.4 Å². The molecule has 3 heterocycles. The van der Waals surface area contributed by atoms with Gasteiger partial charge in [0.15, 0.2) is 0 Å². The molecule has 1 fully saturated rings. The van der Waals surface area contributed by atoms with Crippen LogP contribution in [0.3, 0.4) is 0 Å². The number of aryl methyl sites for hydroxylation is 1. The van der Waals surface area contributed by atoms with Gasteiger partial charge in [-0.15, -0.1) is 0 Å². The van der Waals surface area contributed by atoms with E-state index >= 15 is 0 Å². The van der Waals surface area contributed by atoms with Gasteiger partial charge in [-0.25, -0.2) is 4.79 Å². The van der Waals surface area contributed by atoms with Gasteiger partial charge in [-0.05, 0) is 53.3 Å². The van der Waals surface area contributed by atoms with E-state index in [0.717, 1.165) is 16.7 Å². The molecular formula is C23H21NO6S. The predicted octanol–water partition coefficient (Wildman–Crippen LogP) is 3.44. The third-order valence-corrected chi connectivity index (χ3v) is 6.62. The van der Waals surface area contributed by atoms with Crippen LogP contribution in [0.15, 0.2) is 44.2 Å². The van der Waals surface area contributed by atoms with Gasteiger partial charge >= 0.3 is 11.6 Å². The first-order chi connectivity index (χ1) is 14.9. The summed E-state index contributed by atoms with van der Waals surface area (Å²) < 4.78 is 5.38. The highest BCUT2D eigenvalue weighted by Crippen LogP contribution is 2.33. The minimum Gasteiger partial charge on any atom is -0.481 e. The quantitative estimate of drug-likeness (QED) is 0.371. The number of aldehydes is 1. The van der Waals surface area contributed by atoms with Gasteiger partial charge in [0.05, 0.1) is 5.92 Å². The van der Waals surface area contributed by atoms with E-state index in [4.69, 9.17) is 4.42 Å². The minimum absolute atomic E-state index is 0.0861. The molecule has 31 heavy (non-hydrogen) atoms. The molecule has 1 saturated heterocycles. The largest absolute Gasteiger partial charge is 0.481 e. The Balaban J connectivity index is 1.71. The summed E-state index contributed by atoms with van der Waals surface area (Å²) in [5.74, 6) is -3.10. The molecule has 160 valence electrons. The number of nitrogens with zero attached hydrogens (tertiary/aromatic N) is 1. The molecule has 0 radical (unpaired) electrons. The van der Waals surface area contributed by atoms with E-state index < -0.39 is 29.3 Å². The molecule has 3 aromatic rings. The monoisotopic (exact) mass is 439 g/mol. The van der Waals surface area contributed by atoms with E-state index in [-0.39, 0.29) is 6.54 Å². The summed E-state index contributed by atoms with van der Waals surface area (Å²) >= 11 is 1.54. The maximum absolute atomic E-state index is 13.0. The number of hydrogen-bond acceptors (Lipinski definition) is 6. The smallest absolute Gasteiger partial charge is 0.336 e. The first-order valence-corrected chi connectivity index (χ1v) is 10.9. The number of rotatable bonds is 5. The third kappa shape index (κ3) is 4.03. The number of aliphatic carboxylic acids is 1. The van der Waals surface area contributed by atoms with Crippen molar-refractivity contribution in [3.63, 3.8) is 0 Å². The van der Waals surface area contributed by atoms with Gasteiger partial charge in [0.2, 0.25) is 5.91 Å². The first-order valence-electron chi connectivity index (χ1n) is 9.97. The molecule has 0 bridgehead atoms. The van der Waals surface area contributed by atoms with Crippen LogP contribution in [0.5, 0.6) is 0 Å². The number of carbonyl (C=O) groups is 3. The van der Waals surface area contributed by atoms with Crippen LogP contribution < -0.4 is 5.63 Å². The van der Waals surface area contributed by atoms with Crippen molar-refractivity contribution in [1.82, 2.24) is 4.90 Å². The van der Waals surface area contributed by atoms with Crippen molar-refractivity contribution >= 4 is 40.5 Å². The van der Waals surface area contributed by atoms with Gasteiger partial charge < -0.3 is 19.2 Å². The SMILES string of the molecule is Cc1cscc1-c1cc(=O)oc2cc(C(C=O)C(=O)N3CCC[C@H](C(=O)O)C3)ccc12. The van der Waals surface area contributed by atoms with Gasteiger partial charge in [-0.1, -0.05) is 12.1 Å². The molecule has 2 aromatic heterocycles. The van der Waals surface area contributed by atoms with Crippen molar-refractivity contribution in [3.05, 3.63) is 56.6 Å². The van der Waals surface area contributed by atoms with Crippen LogP contribution in [-0.4, -0.2) is 41.3 Å². The molecule has 1 unspecified atom stereocenters. The maximum atomic E-state index is 13.0. The molecule has 8 heteroatoms. The Labute approximate surface area is 181 Å². The molecule has 1 aliphatic rings. The maximum Gasteiger partial charge on any atom is 0.336 e. The molecule has 0 spiro atoms. The van der Waals surface area contributed by atoms with Crippen molar-refractivity contribution in [3.8, 4) is 11.1 Å². The summed E-state index contributed by atoms with van der Waals surface area (Å²) in [6.07, 6.45) is 1.64. The molecule has 0 saturated carbocycles. The van der Waals surface area contributed by atoms with Crippen molar-refractivity contribution in [2.75, 3.05) is 13.1 Å². The standard InChI is InChI=1S/C23H21NO6S/c1-13-11-31-12-19(13)17-8-21(26)30-20-7-14(4-5-16(17)20)18(10-25)22(27)24-6-2-3-15(9-24)23(28)29/h4-5,7-8,10-12,15,18H,2-3,6,9H2,1H3,(H,28,29)/t15-,18?/m0/s1. The average Bonchev–Trinajstić information content (AvgIpc) is 3.19. The molecule has 1 aliphatic heterocycles. The molecule has 4 rings (SSSR count). The Bertz CT molecular complexity index is 1230. The zero-order valence-electron chi connectivity index (χ0n) is 16.9. The number of carbonyl (C=O) groups excluding carboxylic acids is 2. The van der Waals surface area contributed by atoms with E-state index in [9.17, 15) is 24.3 Å². The van der Waals surface area contributed by atoms with Crippen LogP contribution in [0, 0.1) is 12.8 Å². The lowest BCUT2D eigenvalue weighted by molar-refractivity contribution is -0.146. The fourth-order valence-corrected chi connectivity index (χ4v) is 4.94. The molecule has 1 N–H and O–H groups in total. The average molecular weight is 439 g/mol. The number of hydrogen-bond donors (Lipinski definition) is 1. The predicted molar refractivity (Wildman–Crippen MR) is 116 cm³/mol. The number of likely N-dealkylation sites (tertiary alicyclic amines) is 1. The van der Waals surface area contributed by atoms with Crippen molar-refractivity contribution in [2.45, 2.75) is 25.7 Å². The highest BCUT2D eigenvalue weighted by atomic mass is 32.1. The fraction of sp³-hybridized carbons (Fsp3) is 0.304. The van der Waals surface area contributed by atoms with Gasteiger partial charge in [0, 0.05) is 30.1 Å². The zero-order chi connectivity index (χ0) is 22.1. The first kappa shape index (κ1) is 21.0. The molecule has 1 amide bonds. The summed E-state index contributed by atoms with van der Waals surface area (Å²) in [6.45, 7) is 2.46. The van der Waals surface area contributed by atoms with E-state index in [1.807, 2.05) is 17.7 Å². The summed E-state index contributed by atoms with van der Waals surface area (Å²) in [5, 5.41) is 13.9. The summed E-state index contributed by atoms with van der Waals surface area (Å²) in [7, 11) is 0. The molecular weight excluding hydrogens is 418 g/mol. The minimum atomic E-state index is -1.09. The van der Waals surface area contributed by atoms with Crippen LogP contribution in [0.2, 0.25) is 0 Å². The van der Waals surface area contributed by atoms with E-state index in [1.54, 1.807) is 18.2 Å². The highest BCUT2D eigenvalue weighted by molar-refractivity contribution is 7.08. The number of amides is 1. The Kier molecular flexibility index (Phi) is 5.73. The second kappa shape index (κ2) is 8.47. The van der Waals surface area contributed by atoms with E-state index in [2.05, 4.69) is 0 Å². The van der Waals surface area contributed by atoms with E-state index in [1.165, 1.54) is 22.3 Å². The fourth-order valence-electron chi connectivity index (χ4n) is 4.09. The highest BCUT2D eigenvalue weighted by Gasteiger charge is 2.32. The lowest BCUT2D eigenvalue weighted by atomic mass is 9.93. The number of thiophene rings is 1. The van der Waals surface area contributed by atoms with Crippen molar-refractivity contribution in [2.24, 2.45) is 5.92 Å². The van der Waals surface area contributed by atoms with Crippen LogP contribution >= 0.6 is 11.3 Å². The Morgan fingerprint density at radius 1 is 1.26 bits per heavy atom. The number of benzene rings is 1. The Morgan fingerprint density at radius 3 is 2.74 bits per heavy atom. The van der Waals surface area contributed by atoms with Gasteiger partial charge in [0.1, 0.15) is 17.8 Å². The van der Waals surface area contributed by atoms with Crippen LogP contribution in [0.25, 0.3) is 22.1 Å². The molecule has 0 aliphatic carbocycles. The second-order valence-electron chi connectivity index (χ2n) is 7.78. The normalized spacial score (nSPS) is 17.5. The number of piperidine rings is 1. The van der Waals surface area contributed by atoms with Crippen molar-refractivity contribution in [1.29, 1.82) is 0 Å². The lowest BCUT2D eigenvalue weighted by Crippen LogP contribution is -2.44. The summed E-state index contributed by atoms with van der Waals surface area (Å²) in [4.78, 5) is 49.8. The van der Waals surface area contributed by atoms with Gasteiger partial charge in [-0.3, -0.25) is 9.59 Å². The second-order valence-corrected chi connectivity index (χ2v) is 8.52. The zero-order valence-corrected chi connectivity index (χ0v) is 17.7. The Morgan fingerprint density at radius 2 is 2.06 bits per heavy atom. The third-order valence-electron chi connectivity index (χ3n) is 5.76.